The van der Waals surface area contributed by atoms with E-state index < -0.39 is 11.6 Å². The van der Waals surface area contributed by atoms with Crippen LogP contribution in [0.25, 0.3) is 43.1 Å². The van der Waals surface area contributed by atoms with Crippen molar-refractivity contribution in [1.82, 2.24) is 9.80 Å². The molecule has 2 aliphatic rings. The summed E-state index contributed by atoms with van der Waals surface area (Å²) < 4.78 is 24.3. The van der Waals surface area contributed by atoms with Gasteiger partial charge in [0.15, 0.2) is 0 Å². The number of hydrogen-bond acceptors (Lipinski definition) is 7. The predicted molar refractivity (Wildman–Crippen MR) is 212 cm³/mol. The Bertz CT molecular complexity index is 2390. The Balaban J connectivity index is 0.000000875. The average molecular weight is 745 g/mol. The van der Waals surface area contributed by atoms with Crippen molar-refractivity contribution in [2.24, 2.45) is 5.92 Å². The van der Waals surface area contributed by atoms with Crippen molar-refractivity contribution in [2.75, 3.05) is 26.9 Å². The van der Waals surface area contributed by atoms with Gasteiger partial charge in [0.05, 0.1) is 31.0 Å². The third kappa shape index (κ3) is 6.22. The van der Waals surface area contributed by atoms with Gasteiger partial charge in [0.25, 0.3) is 23.6 Å². The van der Waals surface area contributed by atoms with E-state index in [1.54, 1.807) is 43.5 Å². The highest BCUT2D eigenvalue weighted by Gasteiger charge is 2.44. The summed E-state index contributed by atoms with van der Waals surface area (Å²) in [4.78, 5) is 58.8. The van der Waals surface area contributed by atoms with Crippen LogP contribution in [-0.4, -0.2) is 83.2 Å². The van der Waals surface area contributed by atoms with Gasteiger partial charge in [-0.25, -0.2) is 4.39 Å². The summed E-state index contributed by atoms with van der Waals surface area (Å²) in [5.41, 5.74) is 1.83. The normalized spacial score (nSPS) is 15.5. The number of ether oxygens (including phenoxy) is 2. The number of carbonyl (C=O) groups excluding carboxylic acids is 4. The first-order chi connectivity index (χ1) is 26.2. The number of aliphatic hydroxyl groups is 1. The number of carbonyl (C=O) groups is 4. The lowest BCUT2D eigenvalue weighted by Crippen LogP contribution is -2.56. The van der Waals surface area contributed by atoms with Crippen molar-refractivity contribution in [2.45, 2.75) is 65.7 Å². The van der Waals surface area contributed by atoms with Crippen LogP contribution in [0.1, 0.15) is 88.5 Å². The molecule has 6 aromatic rings. The minimum absolute atomic E-state index is 0.0691. The van der Waals surface area contributed by atoms with Gasteiger partial charge in [0, 0.05) is 46.7 Å². The lowest BCUT2D eigenvalue weighted by atomic mass is 9.81. The molecule has 8 rings (SSSR count). The fourth-order valence-corrected chi connectivity index (χ4v) is 7.90. The Morgan fingerprint density at radius 3 is 1.47 bits per heavy atom. The lowest BCUT2D eigenvalue weighted by Gasteiger charge is -2.42. The summed E-state index contributed by atoms with van der Waals surface area (Å²) in [5.74, 6) is -1.54. The molecule has 284 valence electrons. The van der Waals surface area contributed by atoms with E-state index >= 15 is 0 Å². The lowest BCUT2D eigenvalue weighted by molar-refractivity contribution is -0.110. The molecule has 0 bridgehead atoms. The molecule has 55 heavy (non-hydrogen) atoms. The summed E-state index contributed by atoms with van der Waals surface area (Å²) in [5, 5.41) is 14.1. The predicted octanol–water partition coefficient (Wildman–Crippen LogP) is 8.16. The van der Waals surface area contributed by atoms with Gasteiger partial charge in [-0.15, -0.1) is 0 Å². The first-order valence-corrected chi connectivity index (χ1v) is 18.7. The standard InChI is InChI=1S/C42H37FN2O5.C3H8O2/c1-21(2)22(3)50-42(5,6)23(4)45-40(48)32-17-13-28-26-11-15-30-36-31(39(47)44(38(30)46)20-19-24-7-9-25(43)10-8-24)16-12-27(34(26)36)29-14-18-33(41(45)49)37(32)35(28)29;1-5-3-2-4/h7-18,21-23H,19-20H2,1-6H3;4H,2-3H2,1H3. The molecule has 2 aliphatic heterocycles. The molecule has 6 aromatic carbocycles. The summed E-state index contributed by atoms with van der Waals surface area (Å²) in [6.07, 6.45) is 0.335. The molecule has 4 amide bonds. The first kappa shape index (κ1) is 38.0. The van der Waals surface area contributed by atoms with Gasteiger partial charge in [-0.05, 0) is 114 Å². The van der Waals surface area contributed by atoms with E-state index in [9.17, 15) is 23.6 Å². The molecule has 0 radical (unpaired) electrons. The Morgan fingerprint density at radius 2 is 1.09 bits per heavy atom. The molecule has 0 aliphatic carbocycles. The third-order valence-corrected chi connectivity index (χ3v) is 11.4. The molecule has 0 spiro atoms. The van der Waals surface area contributed by atoms with E-state index in [-0.39, 0.29) is 54.6 Å². The number of aliphatic hydroxyl groups excluding tert-OH is 1. The fraction of sp³-hybridized carbons (Fsp3) is 0.333. The summed E-state index contributed by atoms with van der Waals surface area (Å²) in [7, 11) is 1.55. The highest BCUT2D eigenvalue weighted by Crippen LogP contribution is 2.46. The number of hydrogen-bond donors (Lipinski definition) is 1. The number of imide groups is 2. The van der Waals surface area contributed by atoms with Gasteiger partial charge in [0.2, 0.25) is 0 Å². The van der Waals surface area contributed by atoms with Gasteiger partial charge < -0.3 is 14.6 Å². The van der Waals surface area contributed by atoms with E-state index in [1.165, 1.54) is 21.9 Å². The minimum Gasteiger partial charge on any atom is -0.394 e. The average Bonchev–Trinajstić information content (AvgIpc) is 3.16. The molecule has 0 aromatic heterocycles. The second-order valence-corrected chi connectivity index (χ2v) is 15.3. The maximum absolute atomic E-state index is 14.2. The number of amides is 4. The monoisotopic (exact) mass is 744 g/mol. The van der Waals surface area contributed by atoms with Crippen LogP contribution in [-0.2, 0) is 15.9 Å². The third-order valence-electron chi connectivity index (χ3n) is 11.4. The molecule has 10 heteroatoms. The molecule has 1 N–H and O–H groups in total. The topological polar surface area (TPSA) is 113 Å². The summed E-state index contributed by atoms with van der Waals surface area (Å²) in [6.45, 7) is 12.6. The van der Waals surface area contributed by atoms with Crippen molar-refractivity contribution < 1.29 is 38.1 Å². The van der Waals surface area contributed by atoms with E-state index in [1.807, 2.05) is 52.0 Å². The van der Waals surface area contributed by atoms with Gasteiger partial charge >= 0.3 is 0 Å². The maximum atomic E-state index is 14.2. The Labute approximate surface area is 318 Å². The number of fused-ring (bicyclic) bond motifs is 2. The van der Waals surface area contributed by atoms with Crippen LogP contribution >= 0.6 is 0 Å². The van der Waals surface area contributed by atoms with Crippen molar-refractivity contribution in [3.8, 4) is 0 Å². The van der Waals surface area contributed by atoms with E-state index in [0.717, 1.165) is 37.9 Å². The minimum atomic E-state index is -0.794. The molecule has 2 atom stereocenters. The smallest absolute Gasteiger partial charge is 0.261 e. The van der Waals surface area contributed by atoms with Crippen molar-refractivity contribution in [3.63, 3.8) is 0 Å². The van der Waals surface area contributed by atoms with Gasteiger partial charge in [-0.3, -0.25) is 29.0 Å². The van der Waals surface area contributed by atoms with Crippen LogP contribution < -0.4 is 0 Å². The van der Waals surface area contributed by atoms with Gasteiger partial charge in [0.1, 0.15) is 5.82 Å². The molecule has 0 saturated heterocycles. The number of halogens is 1. The van der Waals surface area contributed by atoms with Crippen molar-refractivity contribution in [1.29, 1.82) is 0 Å². The van der Waals surface area contributed by atoms with Gasteiger partial charge in [-0.2, -0.15) is 0 Å². The zero-order valence-electron chi connectivity index (χ0n) is 32.2. The molecular formula is C45H45FN2O7. The fourth-order valence-electron chi connectivity index (χ4n) is 7.90. The molecule has 2 heterocycles. The van der Waals surface area contributed by atoms with Crippen LogP contribution in [0.5, 0.6) is 0 Å². The molecule has 9 nitrogen and oxygen atoms in total. The second-order valence-electron chi connectivity index (χ2n) is 15.3. The largest absolute Gasteiger partial charge is 0.394 e. The van der Waals surface area contributed by atoms with Crippen LogP contribution in [0.3, 0.4) is 0 Å². The second kappa shape index (κ2) is 14.4. The van der Waals surface area contributed by atoms with Crippen LogP contribution in [0.15, 0.2) is 72.8 Å². The number of rotatable bonds is 10. The molecular weight excluding hydrogens is 700 g/mol. The summed E-state index contributed by atoms with van der Waals surface area (Å²) in [6, 6.07) is 20.3. The van der Waals surface area contributed by atoms with Gasteiger partial charge in [-0.1, -0.05) is 50.2 Å². The van der Waals surface area contributed by atoms with E-state index in [0.29, 0.717) is 46.1 Å². The Morgan fingerprint density at radius 1 is 0.655 bits per heavy atom. The van der Waals surface area contributed by atoms with Crippen LogP contribution in [0, 0.1) is 11.7 Å². The van der Waals surface area contributed by atoms with Crippen molar-refractivity contribution in [3.05, 3.63) is 106 Å². The number of benzene rings is 6. The zero-order valence-corrected chi connectivity index (χ0v) is 32.2. The maximum Gasteiger partial charge on any atom is 0.261 e. The van der Waals surface area contributed by atoms with E-state index in [4.69, 9.17) is 9.84 Å². The number of methoxy groups -OCH3 is 1. The van der Waals surface area contributed by atoms with Crippen LogP contribution in [0.4, 0.5) is 4.39 Å². The molecule has 0 fully saturated rings. The first-order valence-electron chi connectivity index (χ1n) is 18.7. The highest BCUT2D eigenvalue weighted by molar-refractivity contribution is 6.41. The SMILES string of the molecule is CC(C)C(C)OC(C)(C)C(C)N1C(=O)c2ccc3c4ccc5c6c(ccc(c7ccc(c2c37)C1=O)c64)C(=O)N(CCc1ccc(F)cc1)C5=O.COCCO. The molecule has 0 saturated carbocycles. The summed E-state index contributed by atoms with van der Waals surface area (Å²) >= 11 is 0. The highest BCUT2D eigenvalue weighted by atomic mass is 19.1. The quantitative estimate of drug-likeness (QED) is 0.0856. The molecule has 2 unspecified atom stereocenters. The number of nitrogens with zero attached hydrogens (tertiary/aromatic N) is 2. The van der Waals surface area contributed by atoms with Crippen molar-refractivity contribution >= 4 is 66.7 Å². The zero-order chi connectivity index (χ0) is 39.5. The Hall–Kier alpha value is -5.29. The Kier molecular flexibility index (Phi) is 9.96. The van der Waals surface area contributed by atoms with E-state index in [2.05, 4.69) is 18.6 Å². The van der Waals surface area contributed by atoms with Crippen LogP contribution in [0.2, 0.25) is 0 Å².